The second-order valence-electron chi connectivity index (χ2n) is 4.49. The van der Waals surface area contributed by atoms with E-state index in [4.69, 9.17) is 0 Å². The van der Waals surface area contributed by atoms with Crippen molar-refractivity contribution in [3.8, 4) is 0 Å². The van der Waals surface area contributed by atoms with Crippen molar-refractivity contribution >= 4 is 0 Å². The van der Waals surface area contributed by atoms with Crippen LogP contribution in [0.25, 0.3) is 0 Å². The van der Waals surface area contributed by atoms with E-state index in [0.717, 1.165) is 18.2 Å². The van der Waals surface area contributed by atoms with Gasteiger partial charge in [0.05, 0.1) is 6.10 Å². The lowest BCUT2D eigenvalue weighted by molar-refractivity contribution is 0.0954. The quantitative estimate of drug-likeness (QED) is 0.829. The predicted octanol–water partition coefficient (Wildman–Crippen LogP) is 2.21. The van der Waals surface area contributed by atoms with Crippen LogP contribution in [0, 0.1) is 11.6 Å². The molecular weight excluding hydrogens is 212 g/mol. The van der Waals surface area contributed by atoms with Crippen LogP contribution < -0.4 is 5.32 Å². The van der Waals surface area contributed by atoms with E-state index < -0.39 is 23.3 Å². The van der Waals surface area contributed by atoms with Crippen LogP contribution in [0.1, 0.15) is 26.3 Å². The van der Waals surface area contributed by atoms with Gasteiger partial charge in [0, 0.05) is 17.6 Å². The van der Waals surface area contributed by atoms with Gasteiger partial charge in [0.2, 0.25) is 0 Å². The second kappa shape index (κ2) is 4.89. The molecule has 1 rings (SSSR count). The molecule has 0 amide bonds. The topological polar surface area (TPSA) is 32.3 Å². The van der Waals surface area contributed by atoms with Crippen LogP contribution in [0.15, 0.2) is 18.2 Å². The largest absolute Gasteiger partial charge is 0.392 e. The highest BCUT2D eigenvalue weighted by Gasteiger charge is 2.23. The molecule has 2 N–H and O–H groups in total. The summed E-state index contributed by atoms with van der Waals surface area (Å²) in [6.07, 6.45) is -0.580. The first-order chi connectivity index (χ1) is 7.33. The Labute approximate surface area is 94.3 Å². The van der Waals surface area contributed by atoms with Crippen molar-refractivity contribution in [2.75, 3.05) is 0 Å². The zero-order valence-electron chi connectivity index (χ0n) is 9.72. The Morgan fingerprint density at radius 2 is 2.00 bits per heavy atom. The first-order valence-corrected chi connectivity index (χ1v) is 5.20. The Balaban J connectivity index is 2.71. The lowest BCUT2D eigenvalue weighted by atomic mass is 9.98. The first kappa shape index (κ1) is 13.1. The van der Waals surface area contributed by atoms with E-state index in [0.29, 0.717) is 0 Å². The first-order valence-electron chi connectivity index (χ1n) is 5.20. The maximum absolute atomic E-state index is 13.3. The van der Waals surface area contributed by atoms with Gasteiger partial charge in [-0.2, -0.15) is 0 Å². The van der Waals surface area contributed by atoms with Crippen molar-refractivity contribution in [2.24, 2.45) is 0 Å². The van der Waals surface area contributed by atoms with Gasteiger partial charge in [0.25, 0.3) is 0 Å². The fourth-order valence-electron chi connectivity index (χ4n) is 1.15. The van der Waals surface area contributed by atoms with Gasteiger partial charge in [0.1, 0.15) is 11.6 Å². The third-order valence-electron chi connectivity index (χ3n) is 2.79. The van der Waals surface area contributed by atoms with Crippen molar-refractivity contribution in [1.82, 2.24) is 5.32 Å². The molecule has 0 fully saturated rings. The normalized spacial score (nSPS) is 13.9. The number of hydrogen-bond acceptors (Lipinski definition) is 2. The average molecular weight is 229 g/mol. The van der Waals surface area contributed by atoms with Gasteiger partial charge in [0.15, 0.2) is 0 Å². The molecule has 0 aliphatic carbocycles. The van der Waals surface area contributed by atoms with Gasteiger partial charge in [-0.1, -0.05) is 0 Å². The van der Waals surface area contributed by atoms with Crippen LogP contribution in [0.4, 0.5) is 8.78 Å². The molecule has 16 heavy (non-hydrogen) atoms. The van der Waals surface area contributed by atoms with E-state index in [1.165, 1.54) is 0 Å². The van der Waals surface area contributed by atoms with E-state index in [2.05, 4.69) is 5.32 Å². The SMILES string of the molecule is CC(O)C(C)(C)NCc1cc(F)ccc1F. The van der Waals surface area contributed by atoms with Crippen LogP contribution in [0.3, 0.4) is 0 Å². The third-order valence-corrected chi connectivity index (χ3v) is 2.79. The molecule has 0 aliphatic rings. The van der Waals surface area contributed by atoms with Gasteiger partial charge < -0.3 is 10.4 Å². The van der Waals surface area contributed by atoms with E-state index in [1.54, 1.807) is 20.8 Å². The smallest absolute Gasteiger partial charge is 0.127 e. The summed E-state index contributed by atoms with van der Waals surface area (Å²) < 4.78 is 26.2. The maximum Gasteiger partial charge on any atom is 0.127 e. The van der Waals surface area contributed by atoms with Crippen molar-refractivity contribution in [3.63, 3.8) is 0 Å². The highest BCUT2D eigenvalue weighted by molar-refractivity contribution is 5.18. The molecule has 0 saturated heterocycles. The summed E-state index contributed by atoms with van der Waals surface area (Å²) in [5.41, 5.74) is -0.285. The Kier molecular flexibility index (Phi) is 3.99. The molecule has 0 aliphatic heterocycles. The zero-order valence-corrected chi connectivity index (χ0v) is 9.72. The summed E-state index contributed by atoms with van der Waals surface area (Å²) in [4.78, 5) is 0. The summed E-state index contributed by atoms with van der Waals surface area (Å²) >= 11 is 0. The van der Waals surface area contributed by atoms with Crippen molar-refractivity contribution in [1.29, 1.82) is 0 Å². The number of halogens is 2. The lowest BCUT2D eigenvalue weighted by Crippen LogP contribution is -2.47. The molecule has 1 aromatic carbocycles. The van der Waals surface area contributed by atoms with Gasteiger partial charge in [-0.25, -0.2) is 8.78 Å². The van der Waals surface area contributed by atoms with Gasteiger partial charge >= 0.3 is 0 Å². The van der Waals surface area contributed by atoms with Crippen molar-refractivity contribution < 1.29 is 13.9 Å². The van der Waals surface area contributed by atoms with E-state index in [1.807, 2.05) is 0 Å². The molecule has 90 valence electrons. The minimum Gasteiger partial charge on any atom is -0.392 e. The van der Waals surface area contributed by atoms with E-state index >= 15 is 0 Å². The van der Waals surface area contributed by atoms with Gasteiger partial charge in [-0.3, -0.25) is 0 Å². The minimum absolute atomic E-state index is 0.182. The van der Waals surface area contributed by atoms with Crippen molar-refractivity contribution in [2.45, 2.75) is 39.0 Å². The number of aliphatic hydroxyl groups is 1. The zero-order chi connectivity index (χ0) is 12.3. The standard InChI is InChI=1S/C12H17F2NO/c1-8(16)12(2,3)15-7-9-6-10(13)4-5-11(9)14/h4-6,8,15-16H,7H2,1-3H3. The summed E-state index contributed by atoms with van der Waals surface area (Å²) in [6, 6.07) is 3.33. The lowest BCUT2D eigenvalue weighted by Gasteiger charge is -2.29. The highest BCUT2D eigenvalue weighted by atomic mass is 19.1. The summed E-state index contributed by atoms with van der Waals surface area (Å²) in [5, 5.41) is 12.4. The molecule has 1 unspecified atom stereocenters. The Bertz CT molecular complexity index is 364. The van der Waals surface area contributed by atoms with E-state index in [9.17, 15) is 13.9 Å². The van der Waals surface area contributed by atoms with Crippen LogP contribution in [-0.2, 0) is 6.54 Å². The summed E-state index contributed by atoms with van der Waals surface area (Å²) in [7, 11) is 0. The predicted molar refractivity (Wildman–Crippen MR) is 59.0 cm³/mol. The second-order valence-corrected chi connectivity index (χ2v) is 4.49. The molecule has 1 aromatic rings. The molecule has 0 radical (unpaired) electrons. The molecule has 0 aromatic heterocycles. The maximum atomic E-state index is 13.3. The number of rotatable bonds is 4. The Morgan fingerprint density at radius 3 is 2.56 bits per heavy atom. The van der Waals surface area contributed by atoms with Crippen LogP contribution >= 0.6 is 0 Å². The molecule has 4 heteroatoms. The molecule has 0 saturated carbocycles. The van der Waals surface area contributed by atoms with Gasteiger partial charge in [-0.05, 0) is 39.0 Å². The molecule has 0 bridgehead atoms. The number of nitrogens with one attached hydrogen (secondary N) is 1. The monoisotopic (exact) mass is 229 g/mol. The molecule has 0 spiro atoms. The number of benzene rings is 1. The van der Waals surface area contributed by atoms with Gasteiger partial charge in [-0.15, -0.1) is 0 Å². The summed E-state index contributed by atoms with van der Waals surface area (Å²) in [5.74, 6) is -0.914. The van der Waals surface area contributed by atoms with Crippen molar-refractivity contribution in [3.05, 3.63) is 35.4 Å². The number of hydrogen-bond donors (Lipinski definition) is 2. The fourth-order valence-corrected chi connectivity index (χ4v) is 1.15. The summed E-state index contributed by atoms with van der Waals surface area (Å²) in [6.45, 7) is 5.43. The molecular formula is C12H17F2NO. The fraction of sp³-hybridized carbons (Fsp3) is 0.500. The average Bonchev–Trinajstić information content (AvgIpc) is 2.19. The van der Waals surface area contributed by atoms with E-state index in [-0.39, 0.29) is 12.1 Å². The Hall–Kier alpha value is -1.00. The third kappa shape index (κ3) is 3.25. The Morgan fingerprint density at radius 1 is 1.38 bits per heavy atom. The minimum atomic E-state index is -0.580. The number of aliphatic hydroxyl groups excluding tert-OH is 1. The van der Waals surface area contributed by atoms with Crippen LogP contribution in [-0.4, -0.2) is 16.7 Å². The highest BCUT2D eigenvalue weighted by Crippen LogP contribution is 2.13. The van der Waals surface area contributed by atoms with Crippen LogP contribution in [0.2, 0.25) is 0 Å². The molecule has 0 heterocycles. The molecule has 1 atom stereocenters. The molecule has 2 nitrogen and oxygen atoms in total. The van der Waals surface area contributed by atoms with Crippen LogP contribution in [0.5, 0.6) is 0 Å².